The fraction of sp³-hybridized carbons (Fsp3) is 0. The van der Waals surface area contributed by atoms with Crippen LogP contribution in [0.4, 0.5) is 0 Å². The van der Waals surface area contributed by atoms with E-state index in [0.717, 1.165) is 0 Å². The Morgan fingerprint density at radius 2 is 0.600 bits per heavy atom. The monoisotopic (exact) mass is 201 g/mol. The van der Waals surface area contributed by atoms with Crippen LogP contribution in [0.1, 0.15) is 0 Å². The average molecular weight is 203 g/mol. The van der Waals surface area contributed by atoms with E-state index in [2.05, 4.69) is 0 Å². The predicted octanol–water partition coefficient (Wildman–Crippen LogP) is -9.75. The first-order valence-electron chi connectivity index (χ1n) is 0. The van der Waals surface area contributed by atoms with Gasteiger partial charge in [-0.15, -0.1) is 0 Å². The normalized spacial score (nSPS) is 0. The maximum absolute atomic E-state index is 0. The Hall–Kier alpha value is 2.04. The van der Waals surface area contributed by atoms with Gasteiger partial charge in [-0.3, -0.25) is 0 Å². The summed E-state index contributed by atoms with van der Waals surface area (Å²) >= 11 is 0. The molecule has 0 spiro atoms. The third kappa shape index (κ3) is 23.7. The minimum absolute atomic E-state index is 0. The van der Waals surface area contributed by atoms with E-state index in [1.807, 2.05) is 0 Å². The SMILES string of the molecule is [Al].[Cl-].[Cl-].[Cl-].[Ga+3]. The van der Waals surface area contributed by atoms with Crippen molar-refractivity contribution in [3.63, 3.8) is 0 Å². The summed E-state index contributed by atoms with van der Waals surface area (Å²) in [6, 6.07) is 0. The van der Waals surface area contributed by atoms with E-state index in [4.69, 9.17) is 0 Å². The van der Waals surface area contributed by atoms with Gasteiger partial charge in [-0.2, -0.15) is 0 Å². The molecule has 27 valence electrons. The molecule has 0 aliphatic heterocycles. The third-order valence-electron chi connectivity index (χ3n) is 0. The van der Waals surface area contributed by atoms with Gasteiger partial charge in [0, 0.05) is 17.4 Å². The fourth-order valence-corrected chi connectivity index (χ4v) is 0. The van der Waals surface area contributed by atoms with Crippen molar-refractivity contribution in [2.75, 3.05) is 0 Å². The first kappa shape index (κ1) is 61.8. The number of halogens is 3. The van der Waals surface area contributed by atoms with E-state index in [-0.39, 0.29) is 74.4 Å². The molecule has 0 aliphatic carbocycles. The number of hydrogen-bond donors (Lipinski definition) is 0. The van der Waals surface area contributed by atoms with Gasteiger partial charge in [0.25, 0.3) is 0 Å². The van der Waals surface area contributed by atoms with Crippen molar-refractivity contribution in [1.82, 2.24) is 0 Å². The standard InChI is InChI=1S/Al.3ClH.Ga/h;3*1H;/q;;;;+3/p-3. The summed E-state index contributed by atoms with van der Waals surface area (Å²) in [6.45, 7) is 0. The van der Waals surface area contributed by atoms with Gasteiger partial charge >= 0.3 is 19.8 Å². The summed E-state index contributed by atoms with van der Waals surface area (Å²) < 4.78 is 0. The molecule has 0 rings (SSSR count). The van der Waals surface area contributed by atoms with Crippen LogP contribution in [0.5, 0.6) is 0 Å². The number of rotatable bonds is 0. The summed E-state index contributed by atoms with van der Waals surface area (Å²) in [5, 5.41) is 0. The van der Waals surface area contributed by atoms with Crippen molar-refractivity contribution < 1.29 is 37.2 Å². The summed E-state index contributed by atoms with van der Waals surface area (Å²) in [5.74, 6) is 0. The molecule has 0 aliphatic rings. The van der Waals surface area contributed by atoms with Crippen molar-refractivity contribution in [3.05, 3.63) is 0 Å². The molecule has 0 amide bonds. The first-order chi connectivity index (χ1) is 0. The number of hydrogen-bond acceptors (Lipinski definition) is 0. The minimum atomic E-state index is 0. The van der Waals surface area contributed by atoms with Gasteiger partial charge in [0.05, 0.1) is 0 Å². The smallest absolute Gasteiger partial charge is 1.00 e. The largest absolute Gasteiger partial charge is 3.00 e. The maximum Gasteiger partial charge on any atom is 3.00 e. The molecule has 0 atom stereocenters. The van der Waals surface area contributed by atoms with E-state index in [1.165, 1.54) is 0 Å². The molecule has 3 radical (unpaired) electrons. The molecule has 0 unspecified atom stereocenters. The Morgan fingerprint density at radius 3 is 0.600 bits per heavy atom. The first-order valence-corrected chi connectivity index (χ1v) is 0. The second-order valence-corrected chi connectivity index (χ2v) is 0. The predicted molar refractivity (Wildman–Crippen MR) is 11.5 cm³/mol. The van der Waals surface area contributed by atoms with Crippen LogP contribution in [-0.2, 0) is 0 Å². The van der Waals surface area contributed by atoms with Crippen LogP contribution in [0, 0.1) is 0 Å². The molecule has 0 fully saturated rings. The van der Waals surface area contributed by atoms with Gasteiger partial charge in [-0.25, -0.2) is 0 Å². The van der Waals surface area contributed by atoms with Crippen LogP contribution >= 0.6 is 0 Å². The minimum Gasteiger partial charge on any atom is -1.00 e. The molecule has 0 aromatic heterocycles. The van der Waals surface area contributed by atoms with Crippen LogP contribution < -0.4 is 37.2 Å². The average Bonchev–Trinajstić information content (AvgIpc) is 0. The molecular formula is AlCl3Ga. The molecule has 0 saturated carbocycles. The fourth-order valence-electron chi connectivity index (χ4n) is 0. The molecule has 0 aromatic rings. The Morgan fingerprint density at radius 1 is 0.600 bits per heavy atom. The van der Waals surface area contributed by atoms with Gasteiger partial charge in [-0.05, 0) is 0 Å². The Balaban J connectivity index is 0. The van der Waals surface area contributed by atoms with Gasteiger partial charge in [0.2, 0.25) is 0 Å². The summed E-state index contributed by atoms with van der Waals surface area (Å²) in [6.07, 6.45) is 0. The van der Waals surface area contributed by atoms with Crippen molar-refractivity contribution in [1.29, 1.82) is 0 Å². The quantitative estimate of drug-likeness (QED) is 0.343. The topological polar surface area (TPSA) is 0 Å². The van der Waals surface area contributed by atoms with E-state index in [0.29, 0.717) is 0 Å². The van der Waals surface area contributed by atoms with E-state index < -0.39 is 0 Å². The molecule has 0 bridgehead atoms. The van der Waals surface area contributed by atoms with Crippen LogP contribution in [0.2, 0.25) is 0 Å². The molecule has 0 aromatic carbocycles. The third-order valence-corrected chi connectivity index (χ3v) is 0. The zero-order valence-corrected chi connectivity index (χ0v) is 8.13. The van der Waals surface area contributed by atoms with Crippen molar-refractivity contribution in [2.45, 2.75) is 0 Å². The Labute approximate surface area is 73.9 Å². The second kappa shape index (κ2) is 36.9. The Kier molecular flexibility index (Phi) is 456. The summed E-state index contributed by atoms with van der Waals surface area (Å²) in [4.78, 5) is 0. The second-order valence-electron chi connectivity index (χ2n) is 0. The van der Waals surface area contributed by atoms with Crippen LogP contribution in [-0.4, -0.2) is 37.2 Å². The van der Waals surface area contributed by atoms with Gasteiger partial charge in [0.15, 0.2) is 0 Å². The molecule has 0 N–H and O–H groups in total. The molecule has 0 heterocycles. The van der Waals surface area contributed by atoms with Gasteiger partial charge < -0.3 is 37.2 Å². The summed E-state index contributed by atoms with van der Waals surface area (Å²) in [5.41, 5.74) is 0. The van der Waals surface area contributed by atoms with Crippen molar-refractivity contribution >= 4 is 37.2 Å². The zero-order chi connectivity index (χ0) is 0. The molecule has 5 heavy (non-hydrogen) atoms. The summed E-state index contributed by atoms with van der Waals surface area (Å²) in [7, 11) is 0. The van der Waals surface area contributed by atoms with Crippen molar-refractivity contribution in [2.24, 2.45) is 0 Å². The van der Waals surface area contributed by atoms with Crippen LogP contribution in [0.3, 0.4) is 0 Å². The van der Waals surface area contributed by atoms with E-state index in [1.54, 1.807) is 0 Å². The van der Waals surface area contributed by atoms with Crippen LogP contribution in [0.25, 0.3) is 0 Å². The Bertz CT molecular complexity index is 6.85. The van der Waals surface area contributed by atoms with Gasteiger partial charge in [0.1, 0.15) is 0 Å². The van der Waals surface area contributed by atoms with Crippen LogP contribution in [0.15, 0.2) is 0 Å². The van der Waals surface area contributed by atoms with Gasteiger partial charge in [-0.1, -0.05) is 0 Å². The van der Waals surface area contributed by atoms with Crippen molar-refractivity contribution in [3.8, 4) is 0 Å². The van der Waals surface area contributed by atoms with E-state index in [9.17, 15) is 0 Å². The molecule has 5 heteroatoms. The molecular weight excluding hydrogens is 203 g/mol. The molecule has 0 nitrogen and oxygen atoms in total. The zero-order valence-electron chi connectivity index (χ0n) is 2.29. The molecule has 0 saturated heterocycles. The van der Waals surface area contributed by atoms with E-state index >= 15 is 0 Å². The maximum atomic E-state index is 0.